The van der Waals surface area contributed by atoms with Crippen LogP contribution in [-0.4, -0.2) is 20.6 Å². The Morgan fingerprint density at radius 1 is 1.56 bits per heavy atom. The summed E-state index contributed by atoms with van der Waals surface area (Å²) in [4.78, 5) is 29.3. The minimum absolute atomic E-state index is 0.273. The summed E-state index contributed by atoms with van der Waals surface area (Å²) in [6.45, 7) is 3.75. The predicted octanol–water partition coefficient (Wildman–Crippen LogP) is 2.06. The van der Waals surface area contributed by atoms with Crippen LogP contribution in [0.4, 0.5) is 0 Å². The number of carboxylic acids is 1. The van der Waals surface area contributed by atoms with Crippen molar-refractivity contribution in [3.05, 3.63) is 27.6 Å². The first-order valence-corrected chi connectivity index (χ1v) is 6.62. The number of aromatic nitrogens is 2. The SMILES string of the molecule is CCc1cc2c(=O)n(C(CC)C(=O)O)cnc2s1. The van der Waals surface area contributed by atoms with E-state index in [0.717, 1.165) is 11.3 Å². The molecule has 0 aliphatic heterocycles. The molecule has 96 valence electrons. The standard InChI is InChI=1S/C12H14N2O3S/c1-3-7-5-8-10(18-7)13-6-14(11(8)15)9(4-2)12(16)17/h5-6,9H,3-4H2,1-2H3,(H,16,17). The van der Waals surface area contributed by atoms with Crippen molar-refractivity contribution in [2.24, 2.45) is 0 Å². The van der Waals surface area contributed by atoms with Crippen LogP contribution < -0.4 is 5.56 Å². The zero-order valence-corrected chi connectivity index (χ0v) is 11.0. The van der Waals surface area contributed by atoms with Crippen molar-refractivity contribution in [1.29, 1.82) is 0 Å². The number of hydrogen-bond acceptors (Lipinski definition) is 4. The molecular formula is C12H14N2O3S. The van der Waals surface area contributed by atoms with Gasteiger partial charge in [-0.15, -0.1) is 11.3 Å². The van der Waals surface area contributed by atoms with E-state index >= 15 is 0 Å². The lowest BCUT2D eigenvalue weighted by atomic mass is 10.2. The van der Waals surface area contributed by atoms with Crippen LogP contribution >= 0.6 is 11.3 Å². The van der Waals surface area contributed by atoms with Gasteiger partial charge in [-0.25, -0.2) is 9.78 Å². The quantitative estimate of drug-likeness (QED) is 0.919. The van der Waals surface area contributed by atoms with Crippen LogP contribution in [0, 0.1) is 0 Å². The Bertz CT molecular complexity index is 644. The fourth-order valence-corrected chi connectivity index (χ4v) is 2.80. The van der Waals surface area contributed by atoms with Crippen molar-refractivity contribution in [1.82, 2.24) is 9.55 Å². The average molecular weight is 266 g/mol. The summed E-state index contributed by atoms with van der Waals surface area (Å²) in [5, 5.41) is 9.60. The third kappa shape index (κ3) is 2.03. The van der Waals surface area contributed by atoms with Crippen LogP contribution in [0.5, 0.6) is 0 Å². The van der Waals surface area contributed by atoms with Gasteiger partial charge in [0, 0.05) is 4.88 Å². The monoisotopic (exact) mass is 266 g/mol. The molecule has 2 aromatic rings. The molecule has 2 rings (SSSR count). The number of fused-ring (bicyclic) bond motifs is 1. The van der Waals surface area contributed by atoms with E-state index in [9.17, 15) is 9.59 Å². The van der Waals surface area contributed by atoms with Crippen LogP contribution in [0.15, 0.2) is 17.2 Å². The zero-order chi connectivity index (χ0) is 13.3. The summed E-state index contributed by atoms with van der Waals surface area (Å²) in [5.74, 6) is -1.01. The number of thiophene rings is 1. The van der Waals surface area contributed by atoms with E-state index in [1.165, 1.54) is 22.2 Å². The van der Waals surface area contributed by atoms with Gasteiger partial charge in [0.15, 0.2) is 0 Å². The molecule has 0 fully saturated rings. The van der Waals surface area contributed by atoms with Gasteiger partial charge >= 0.3 is 5.97 Å². The molecule has 0 aromatic carbocycles. The molecule has 1 unspecified atom stereocenters. The van der Waals surface area contributed by atoms with E-state index in [-0.39, 0.29) is 5.56 Å². The first-order valence-electron chi connectivity index (χ1n) is 5.80. The van der Waals surface area contributed by atoms with Gasteiger partial charge in [0.1, 0.15) is 10.9 Å². The Hall–Kier alpha value is -1.69. The summed E-state index contributed by atoms with van der Waals surface area (Å²) < 4.78 is 1.21. The number of carboxylic acid groups (broad SMARTS) is 1. The van der Waals surface area contributed by atoms with Gasteiger partial charge in [-0.3, -0.25) is 9.36 Å². The van der Waals surface area contributed by atoms with Crippen LogP contribution in [0.25, 0.3) is 10.2 Å². The van der Waals surface area contributed by atoms with Crippen molar-refractivity contribution in [3.63, 3.8) is 0 Å². The first kappa shape index (κ1) is 12.8. The van der Waals surface area contributed by atoms with Gasteiger partial charge < -0.3 is 5.11 Å². The highest BCUT2D eigenvalue weighted by molar-refractivity contribution is 7.18. The molecule has 0 amide bonds. The Morgan fingerprint density at radius 2 is 2.28 bits per heavy atom. The summed E-state index contributed by atoms with van der Waals surface area (Å²) in [6.07, 6.45) is 2.53. The van der Waals surface area contributed by atoms with E-state index < -0.39 is 12.0 Å². The van der Waals surface area contributed by atoms with E-state index in [4.69, 9.17) is 5.11 Å². The molecule has 0 spiro atoms. The minimum Gasteiger partial charge on any atom is -0.480 e. The van der Waals surface area contributed by atoms with Crippen LogP contribution in [-0.2, 0) is 11.2 Å². The Morgan fingerprint density at radius 3 is 2.83 bits per heavy atom. The smallest absolute Gasteiger partial charge is 0.326 e. The van der Waals surface area contributed by atoms with Crippen molar-refractivity contribution in [3.8, 4) is 0 Å². The molecule has 0 saturated carbocycles. The number of rotatable bonds is 4. The molecule has 1 atom stereocenters. The number of nitrogens with zero attached hydrogens (tertiary/aromatic N) is 2. The molecule has 0 saturated heterocycles. The highest BCUT2D eigenvalue weighted by atomic mass is 32.1. The van der Waals surface area contributed by atoms with Crippen LogP contribution in [0.3, 0.4) is 0 Å². The first-order chi connectivity index (χ1) is 8.58. The van der Waals surface area contributed by atoms with Crippen molar-refractivity contribution < 1.29 is 9.90 Å². The number of aliphatic carboxylic acids is 1. The van der Waals surface area contributed by atoms with Crippen molar-refractivity contribution in [2.75, 3.05) is 0 Å². The highest BCUT2D eigenvalue weighted by Gasteiger charge is 2.20. The fraction of sp³-hybridized carbons (Fsp3) is 0.417. The molecule has 0 radical (unpaired) electrons. The molecule has 1 N–H and O–H groups in total. The maximum absolute atomic E-state index is 12.2. The molecule has 0 bridgehead atoms. The molecule has 2 aromatic heterocycles. The van der Waals surface area contributed by atoms with E-state index in [0.29, 0.717) is 16.6 Å². The average Bonchev–Trinajstić information content (AvgIpc) is 2.76. The lowest BCUT2D eigenvalue weighted by molar-refractivity contribution is -0.141. The molecule has 6 heteroatoms. The Kier molecular flexibility index (Phi) is 3.47. The molecule has 2 heterocycles. The van der Waals surface area contributed by atoms with E-state index in [1.54, 1.807) is 13.0 Å². The Labute approximate surface area is 108 Å². The minimum atomic E-state index is -1.01. The van der Waals surface area contributed by atoms with Gasteiger partial charge in [0.05, 0.1) is 11.7 Å². The topological polar surface area (TPSA) is 72.2 Å². The van der Waals surface area contributed by atoms with Gasteiger partial charge in [0.2, 0.25) is 0 Å². The molecule has 18 heavy (non-hydrogen) atoms. The molecular weight excluding hydrogens is 252 g/mol. The van der Waals surface area contributed by atoms with Gasteiger partial charge in [-0.2, -0.15) is 0 Å². The summed E-state index contributed by atoms with van der Waals surface area (Å²) in [7, 11) is 0. The fourth-order valence-electron chi connectivity index (χ4n) is 1.87. The lowest BCUT2D eigenvalue weighted by Gasteiger charge is -2.12. The number of hydrogen-bond donors (Lipinski definition) is 1. The van der Waals surface area contributed by atoms with Crippen molar-refractivity contribution >= 4 is 27.5 Å². The lowest BCUT2D eigenvalue weighted by Crippen LogP contribution is -2.29. The molecule has 0 aliphatic rings. The highest BCUT2D eigenvalue weighted by Crippen LogP contribution is 2.22. The number of aryl methyl sites for hydroxylation is 1. The largest absolute Gasteiger partial charge is 0.480 e. The van der Waals surface area contributed by atoms with Gasteiger partial charge in [-0.1, -0.05) is 13.8 Å². The summed E-state index contributed by atoms with van der Waals surface area (Å²) >= 11 is 1.48. The summed E-state index contributed by atoms with van der Waals surface area (Å²) in [6, 6.07) is 0.958. The van der Waals surface area contributed by atoms with Crippen LogP contribution in [0.2, 0.25) is 0 Å². The molecule has 0 aliphatic carbocycles. The predicted molar refractivity (Wildman–Crippen MR) is 70.2 cm³/mol. The second kappa shape index (κ2) is 4.89. The number of carbonyl (C=O) groups is 1. The van der Waals surface area contributed by atoms with Gasteiger partial charge in [-0.05, 0) is 18.9 Å². The summed E-state index contributed by atoms with van der Waals surface area (Å²) in [5.41, 5.74) is -0.273. The maximum atomic E-state index is 12.2. The van der Waals surface area contributed by atoms with Crippen molar-refractivity contribution in [2.45, 2.75) is 32.7 Å². The third-order valence-corrected chi connectivity index (χ3v) is 4.07. The second-order valence-electron chi connectivity index (χ2n) is 4.00. The van der Waals surface area contributed by atoms with Gasteiger partial charge in [0.25, 0.3) is 5.56 Å². The van der Waals surface area contributed by atoms with E-state index in [1.807, 2.05) is 6.92 Å². The second-order valence-corrected chi connectivity index (χ2v) is 5.12. The maximum Gasteiger partial charge on any atom is 0.326 e. The normalized spacial score (nSPS) is 12.8. The zero-order valence-electron chi connectivity index (χ0n) is 10.2. The van der Waals surface area contributed by atoms with Crippen LogP contribution in [0.1, 0.15) is 31.2 Å². The third-order valence-electron chi connectivity index (χ3n) is 2.88. The molecule has 5 nitrogen and oxygen atoms in total. The Balaban J connectivity index is 2.63. The van der Waals surface area contributed by atoms with E-state index in [2.05, 4.69) is 4.98 Å².